The van der Waals surface area contributed by atoms with E-state index in [0.717, 1.165) is 0 Å². The molecule has 0 amide bonds. The van der Waals surface area contributed by atoms with Gasteiger partial charge >= 0.3 is 0 Å². The van der Waals surface area contributed by atoms with Crippen LogP contribution in [0.3, 0.4) is 0 Å². The molecule has 0 aliphatic heterocycles. The summed E-state index contributed by atoms with van der Waals surface area (Å²) in [5.74, 6) is 0. The van der Waals surface area contributed by atoms with Gasteiger partial charge in [-0.25, -0.2) is 0 Å². The maximum atomic E-state index is 2.24. The number of hydrogen-bond acceptors (Lipinski definition) is 0. The summed E-state index contributed by atoms with van der Waals surface area (Å²) in [4.78, 5) is 0. The van der Waals surface area contributed by atoms with Crippen molar-refractivity contribution in [3.05, 3.63) is 59.7 Å². The van der Waals surface area contributed by atoms with Crippen LogP contribution in [0.4, 0.5) is 0 Å². The molecule has 0 saturated heterocycles. The van der Waals surface area contributed by atoms with Gasteiger partial charge in [-0.05, 0) is 36.1 Å². The van der Waals surface area contributed by atoms with Crippen LogP contribution in [0.2, 0.25) is 0 Å². The Morgan fingerprint density at radius 1 is 0.650 bits per heavy atom. The van der Waals surface area contributed by atoms with Gasteiger partial charge < -0.3 is 0 Å². The molecule has 0 aromatic heterocycles. The van der Waals surface area contributed by atoms with Crippen LogP contribution in [0.5, 0.6) is 0 Å². The predicted molar refractivity (Wildman–Crippen MR) is 91.2 cm³/mol. The molecular formula is C20H28. The summed E-state index contributed by atoms with van der Waals surface area (Å²) in [6, 6.07) is 17.1. The van der Waals surface area contributed by atoms with Crippen molar-refractivity contribution in [3.63, 3.8) is 0 Å². The van der Waals surface area contributed by atoms with E-state index in [1.807, 2.05) is 6.07 Å². The largest absolute Gasteiger partial charge is 0.0654 e. The van der Waals surface area contributed by atoms with Gasteiger partial charge in [0.25, 0.3) is 0 Å². The molecule has 0 N–H and O–H groups in total. The van der Waals surface area contributed by atoms with Gasteiger partial charge in [-0.2, -0.15) is 0 Å². The molecule has 2 rings (SSSR count). The monoisotopic (exact) mass is 268 g/mol. The Morgan fingerprint density at radius 2 is 1.25 bits per heavy atom. The van der Waals surface area contributed by atoms with Gasteiger partial charge in [-0.1, -0.05) is 88.1 Å². The van der Waals surface area contributed by atoms with Crippen molar-refractivity contribution < 1.29 is 0 Å². The highest BCUT2D eigenvalue weighted by Gasteiger charge is 1.97. The lowest BCUT2D eigenvalue weighted by molar-refractivity contribution is 0.702. The van der Waals surface area contributed by atoms with Crippen molar-refractivity contribution in [3.8, 4) is 11.1 Å². The summed E-state index contributed by atoms with van der Waals surface area (Å²) < 4.78 is 0. The SMILES string of the molecule is CCCCCC.Cc1ccc(-c2ccccc2)cc1C. The lowest BCUT2D eigenvalue weighted by atomic mass is 10.0. The van der Waals surface area contributed by atoms with Crippen LogP contribution in [0.15, 0.2) is 48.5 Å². The summed E-state index contributed by atoms with van der Waals surface area (Å²) in [7, 11) is 0. The van der Waals surface area contributed by atoms with Crippen LogP contribution >= 0.6 is 0 Å². The average molecular weight is 268 g/mol. The van der Waals surface area contributed by atoms with Crippen molar-refractivity contribution >= 4 is 0 Å². The van der Waals surface area contributed by atoms with E-state index in [4.69, 9.17) is 0 Å². The molecule has 0 atom stereocenters. The molecule has 0 unspecified atom stereocenters. The summed E-state index contributed by atoms with van der Waals surface area (Å²) in [5, 5.41) is 0. The Hall–Kier alpha value is -1.56. The van der Waals surface area contributed by atoms with E-state index < -0.39 is 0 Å². The standard InChI is InChI=1S/C14H14.C6H14/c1-11-8-9-14(10-12(11)2)13-6-4-3-5-7-13;1-3-5-6-4-2/h3-10H,1-2H3;3-6H2,1-2H3. The van der Waals surface area contributed by atoms with Crippen LogP contribution in [0.25, 0.3) is 11.1 Å². The maximum Gasteiger partial charge on any atom is -0.0181 e. The number of hydrogen-bond donors (Lipinski definition) is 0. The zero-order valence-electron chi connectivity index (χ0n) is 13.4. The Kier molecular flexibility index (Phi) is 7.72. The zero-order chi connectivity index (χ0) is 14.8. The van der Waals surface area contributed by atoms with Crippen LogP contribution in [-0.4, -0.2) is 0 Å². The molecule has 0 spiro atoms. The number of benzene rings is 2. The molecule has 0 aliphatic carbocycles. The maximum absolute atomic E-state index is 2.24. The second kappa shape index (κ2) is 9.36. The molecule has 2 aromatic rings. The van der Waals surface area contributed by atoms with Gasteiger partial charge in [0.1, 0.15) is 0 Å². The van der Waals surface area contributed by atoms with Crippen LogP contribution in [-0.2, 0) is 0 Å². The third kappa shape index (κ3) is 5.61. The van der Waals surface area contributed by atoms with Crippen molar-refractivity contribution in [2.75, 3.05) is 0 Å². The first kappa shape index (κ1) is 16.5. The molecule has 0 fully saturated rings. The van der Waals surface area contributed by atoms with Crippen molar-refractivity contribution in [2.24, 2.45) is 0 Å². The third-order valence-electron chi connectivity index (χ3n) is 3.57. The van der Waals surface area contributed by atoms with Gasteiger partial charge in [0, 0.05) is 0 Å². The van der Waals surface area contributed by atoms with E-state index in [-0.39, 0.29) is 0 Å². The highest BCUT2D eigenvalue weighted by molar-refractivity contribution is 5.64. The molecular weight excluding hydrogens is 240 g/mol. The molecule has 0 heterocycles. The molecule has 0 radical (unpaired) electrons. The topological polar surface area (TPSA) is 0 Å². The van der Waals surface area contributed by atoms with Crippen molar-refractivity contribution in [1.29, 1.82) is 0 Å². The molecule has 0 aliphatic rings. The minimum Gasteiger partial charge on any atom is -0.0654 e. The van der Waals surface area contributed by atoms with E-state index in [1.165, 1.54) is 47.9 Å². The number of rotatable bonds is 4. The fraction of sp³-hybridized carbons (Fsp3) is 0.400. The quantitative estimate of drug-likeness (QED) is 0.551. The Bertz CT molecular complexity index is 479. The van der Waals surface area contributed by atoms with E-state index in [1.54, 1.807) is 0 Å². The highest BCUT2D eigenvalue weighted by Crippen LogP contribution is 2.21. The summed E-state index contributed by atoms with van der Waals surface area (Å²) in [5.41, 5.74) is 5.29. The first-order valence-electron chi connectivity index (χ1n) is 7.81. The smallest absolute Gasteiger partial charge is 0.0181 e. The Balaban J connectivity index is 0.000000286. The first-order chi connectivity index (χ1) is 9.69. The molecule has 0 saturated carbocycles. The van der Waals surface area contributed by atoms with Gasteiger partial charge in [-0.15, -0.1) is 0 Å². The normalized spacial score (nSPS) is 9.80. The Labute approximate surface area is 124 Å². The Morgan fingerprint density at radius 3 is 1.75 bits per heavy atom. The van der Waals surface area contributed by atoms with E-state index >= 15 is 0 Å². The van der Waals surface area contributed by atoms with E-state index in [2.05, 4.69) is 70.2 Å². The summed E-state index contributed by atoms with van der Waals surface area (Å²) in [6.07, 6.45) is 5.54. The van der Waals surface area contributed by atoms with Gasteiger partial charge in [0.2, 0.25) is 0 Å². The van der Waals surface area contributed by atoms with Crippen molar-refractivity contribution in [1.82, 2.24) is 0 Å². The lowest BCUT2D eigenvalue weighted by Crippen LogP contribution is -1.82. The van der Waals surface area contributed by atoms with Gasteiger partial charge in [0.15, 0.2) is 0 Å². The van der Waals surface area contributed by atoms with Crippen molar-refractivity contribution in [2.45, 2.75) is 53.4 Å². The fourth-order valence-corrected chi connectivity index (χ4v) is 2.05. The second-order valence-corrected chi connectivity index (χ2v) is 5.37. The third-order valence-corrected chi connectivity index (χ3v) is 3.57. The summed E-state index contributed by atoms with van der Waals surface area (Å²) in [6.45, 7) is 8.76. The minimum absolute atomic E-state index is 1.29. The zero-order valence-corrected chi connectivity index (χ0v) is 13.4. The average Bonchev–Trinajstić information content (AvgIpc) is 2.49. The van der Waals surface area contributed by atoms with Crippen LogP contribution in [0, 0.1) is 13.8 Å². The summed E-state index contributed by atoms with van der Waals surface area (Å²) >= 11 is 0. The molecule has 2 aromatic carbocycles. The lowest BCUT2D eigenvalue weighted by Gasteiger charge is -2.04. The molecule has 0 bridgehead atoms. The molecule has 20 heavy (non-hydrogen) atoms. The van der Waals surface area contributed by atoms with Gasteiger partial charge in [-0.3, -0.25) is 0 Å². The molecule has 0 heteroatoms. The van der Waals surface area contributed by atoms with Gasteiger partial charge in [0.05, 0.1) is 0 Å². The fourth-order valence-electron chi connectivity index (χ4n) is 2.05. The van der Waals surface area contributed by atoms with Crippen LogP contribution < -0.4 is 0 Å². The predicted octanol–water partition coefficient (Wildman–Crippen LogP) is 6.56. The van der Waals surface area contributed by atoms with E-state index in [0.29, 0.717) is 0 Å². The minimum atomic E-state index is 1.29. The molecule has 108 valence electrons. The van der Waals surface area contributed by atoms with Crippen LogP contribution in [0.1, 0.15) is 50.7 Å². The number of unbranched alkanes of at least 4 members (excludes halogenated alkanes) is 3. The second-order valence-electron chi connectivity index (χ2n) is 5.37. The number of aryl methyl sites for hydroxylation is 2. The first-order valence-corrected chi connectivity index (χ1v) is 7.81. The highest BCUT2D eigenvalue weighted by atomic mass is 14.0. The molecule has 0 nitrogen and oxygen atoms in total. The van der Waals surface area contributed by atoms with E-state index in [9.17, 15) is 0 Å².